The number of benzene rings is 1. The Morgan fingerprint density at radius 3 is 2.62 bits per heavy atom. The molecule has 3 rings (SSSR count). The number of ether oxygens (including phenoxy) is 2. The maximum Gasteiger partial charge on any atom is 0.425 e. The minimum Gasteiger partial charge on any atom is -0.479 e. The van der Waals surface area contributed by atoms with Crippen molar-refractivity contribution in [2.75, 3.05) is 18.5 Å². The third-order valence-electron chi connectivity index (χ3n) is 4.62. The fourth-order valence-electron chi connectivity index (χ4n) is 3.07. The highest BCUT2D eigenvalue weighted by Crippen LogP contribution is 2.41. The van der Waals surface area contributed by atoms with Gasteiger partial charge in [0.05, 0.1) is 5.69 Å². The maximum atomic E-state index is 13.2. The van der Waals surface area contributed by atoms with Gasteiger partial charge >= 0.3 is 12.1 Å². The predicted molar refractivity (Wildman–Crippen MR) is 97.7 cm³/mol. The third kappa shape index (κ3) is 4.94. The van der Waals surface area contributed by atoms with E-state index in [-0.39, 0.29) is 28.9 Å². The predicted octanol–water partition coefficient (Wildman–Crippen LogP) is 4.14. The van der Waals surface area contributed by atoms with Crippen LogP contribution in [0.1, 0.15) is 41.7 Å². The van der Waals surface area contributed by atoms with Gasteiger partial charge in [0.15, 0.2) is 17.6 Å². The molecule has 1 atom stereocenters. The highest BCUT2D eigenvalue weighted by molar-refractivity contribution is 5.92. The summed E-state index contributed by atoms with van der Waals surface area (Å²) in [4.78, 5) is 19.1. The second kappa shape index (κ2) is 8.64. The number of halogens is 3. The number of alkyl halides is 3. The second-order valence-electron chi connectivity index (χ2n) is 6.60. The van der Waals surface area contributed by atoms with Gasteiger partial charge in [0, 0.05) is 25.6 Å². The lowest BCUT2D eigenvalue weighted by Gasteiger charge is -2.28. The highest BCUT2D eigenvalue weighted by Gasteiger charge is 2.39. The molecule has 0 amide bonds. The second-order valence-corrected chi connectivity index (χ2v) is 6.60. The molecule has 1 fully saturated rings. The topological polar surface area (TPSA) is 93.6 Å². The molecule has 0 aliphatic carbocycles. The van der Waals surface area contributed by atoms with Crippen LogP contribution in [0.2, 0.25) is 0 Å². The molecule has 10 heteroatoms. The Morgan fingerprint density at radius 1 is 1.28 bits per heavy atom. The Kier molecular flexibility index (Phi) is 6.21. The summed E-state index contributed by atoms with van der Waals surface area (Å²) in [6, 6.07) is 4.91. The zero-order valence-electron chi connectivity index (χ0n) is 15.6. The van der Waals surface area contributed by atoms with Crippen molar-refractivity contribution >= 4 is 17.5 Å². The van der Waals surface area contributed by atoms with Crippen molar-refractivity contribution in [3.05, 3.63) is 41.9 Å². The molecular formula is C19H20F3N3O4. The van der Waals surface area contributed by atoms with E-state index < -0.39 is 18.2 Å². The third-order valence-corrected chi connectivity index (χ3v) is 4.62. The molecule has 0 bridgehead atoms. The number of rotatable bonds is 6. The zero-order chi connectivity index (χ0) is 21.0. The fraction of sp³-hybridized carbons (Fsp3) is 0.421. The van der Waals surface area contributed by atoms with E-state index in [1.54, 1.807) is 12.1 Å². The molecule has 1 aliphatic rings. The van der Waals surface area contributed by atoms with Crippen LogP contribution in [0.4, 0.5) is 24.7 Å². The molecule has 7 nitrogen and oxygen atoms in total. The van der Waals surface area contributed by atoms with Crippen molar-refractivity contribution in [1.82, 2.24) is 9.97 Å². The molecule has 1 saturated heterocycles. The van der Waals surface area contributed by atoms with Crippen LogP contribution < -0.4 is 10.1 Å². The lowest BCUT2D eigenvalue weighted by Crippen LogP contribution is -2.32. The molecule has 0 radical (unpaired) electrons. The summed E-state index contributed by atoms with van der Waals surface area (Å²) >= 11 is 0. The highest BCUT2D eigenvalue weighted by atomic mass is 19.4. The van der Waals surface area contributed by atoms with Crippen LogP contribution in [-0.4, -0.2) is 46.5 Å². The van der Waals surface area contributed by atoms with E-state index in [0.717, 1.165) is 6.92 Å². The van der Waals surface area contributed by atoms with Gasteiger partial charge in [-0.25, -0.2) is 14.8 Å². The van der Waals surface area contributed by atoms with E-state index in [0.29, 0.717) is 31.6 Å². The van der Waals surface area contributed by atoms with Gasteiger partial charge in [-0.3, -0.25) is 0 Å². The molecule has 0 spiro atoms. The molecule has 2 aromatic rings. The summed E-state index contributed by atoms with van der Waals surface area (Å²) in [6.45, 7) is 1.93. The average Bonchev–Trinajstić information content (AvgIpc) is 2.69. The van der Waals surface area contributed by atoms with Gasteiger partial charge in [-0.15, -0.1) is 0 Å². The van der Waals surface area contributed by atoms with E-state index in [1.165, 1.54) is 18.5 Å². The zero-order valence-corrected chi connectivity index (χ0v) is 15.6. The number of para-hydroxylation sites is 1. The van der Waals surface area contributed by atoms with Crippen LogP contribution in [0.15, 0.2) is 30.6 Å². The van der Waals surface area contributed by atoms with Crippen molar-refractivity contribution in [2.45, 2.75) is 38.0 Å². The summed E-state index contributed by atoms with van der Waals surface area (Å²) in [5.41, 5.74) is 0.446. The van der Waals surface area contributed by atoms with Crippen molar-refractivity contribution in [1.29, 1.82) is 0 Å². The van der Waals surface area contributed by atoms with E-state index in [4.69, 9.17) is 9.47 Å². The van der Waals surface area contributed by atoms with Crippen LogP contribution in [0.3, 0.4) is 0 Å². The van der Waals surface area contributed by atoms with E-state index in [1.807, 2.05) is 0 Å². The van der Waals surface area contributed by atoms with Gasteiger partial charge in [0.1, 0.15) is 5.75 Å². The van der Waals surface area contributed by atoms with Gasteiger partial charge in [-0.05, 0) is 37.3 Å². The molecule has 1 aromatic carbocycles. The number of hydrogen-bond donors (Lipinski definition) is 2. The van der Waals surface area contributed by atoms with Gasteiger partial charge in [-0.2, -0.15) is 13.2 Å². The molecule has 156 valence electrons. The number of aromatic carboxylic acids is 1. The molecule has 2 heterocycles. The van der Waals surface area contributed by atoms with Gasteiger partial charge in [0.2, 0.25) is 0 Å². The minimum atomic E-state index is -4.56. The first-order valence-electron chi connectivity index (χ1n) is 9.02. The lowest BCUT2D eigenvalue weighted by atomic mass is 9.90. The molecule has 1 unspecified atom stereocenters. The van der Waals surface area contributed by atoms with Gasteiger partial charge in [-0.1, -0.05) is 12.1 Å². The number of carboxylic acids is 1. The van der Waals surface area contributed by atoms with Crippen LogP contribution in [-0.2, 0) is 4.74 Å². The monoisotopic (exact) mass is 411 g/mol. The summed E-state index contributed by atoms with van der Waals surface area (Å²) < 4.78 is 50.2. The first kappa shape index (κ1) is 20.8. The van der Waals surface area contributed by atoms with Gasteiger partial charge < -0.3 is 19.9 Å². The number of carbonyl (C=O) groups is 1. The maximum absolute atomic E-state index is 13.2. The largest absolute Gasteiger partial charge is 0.479 e. The Morgan fingerprint density at radius 2 is 1.97 bits per heavy atom. The fourth-order valence-corrected chi connectivity index (χ4v) is 3.07. The average molecular weight is 411 g/mol. The van der Waals surface area contributed by atoms with Crippen LogP contribution in [0, 0.1) is 0 Å². The number of nitrogens with one attached hydrogen (secondary N) is 1. The first-order chi connectivity index (χ1) is 13.8. The standard InChI is InChI=1S/C19H20F3N3O4/c1-11(19(20,21)22)29-16-13(12-5-9-28-10-6-12)3-2-4-14(16)25-17-15(18(26)27)23-7-8-24-17/h2-4,7-8,11-12H,5-6,9-10H2,1H3,(H,24,25)(H,26,27). The van der Waals surface area contributed by atoms with Crippen molar-refractivity contribution in [3.63, 3.8) is 0 Å². The summed E-state index contributed by atoms with van der Waals surface area (Å²) in [5, 5.41) is 12.1. The van der Waals surface area contributed by atoms with Crippen LogP contribution in [0.25, 0.3) is 0 Å². The van der Waals surface area contributed by atoms with E-state index in [9.17, 15) is 23.1 Å². The SMILES string of the molecule is CC(Oc1c(Nc2nccnc2C(=O)O)cccc1C1CCOCC1)C(F)(F)F. The number of nitrogens with zero attached hydrogens (tertiary/aromatic N) is 2. The van der Waals surface area contributed by atoms with Crippen molar-refractivity contribution in [3.8, 4) is 5.75 Å². The number of aromatic nitrogens is 2. The molecule has 1 aliphatic heterocycles. The minimum absolute atomic E-state index is 0.0196. The molecule has 2 N–H and O–H groups in total. The van der Waals surface area contributed by atoms with Crippen LogP contribution in [0.5, 0.6) is 5.75 Å². The quantitative estimate of drug-likeness (QED) is 0.738. The molecule has 29 heavy (non-hydrogen) atoms. The van der Waals surface area contributed by atoms with E-state index >= 15 is 0 Å². The normalized spacial score (nSPS) is 16.3. The number of anilines is 2. The first-order valence-corrected chi connectivity index (χ1v) is 9.02. The summed E-state index contributed by atoms with van der Waals surface area (Å²) in [7, 11) is 0. The summed E-state index contributed by atoms with van der Waals surface area (Å²) in [6.07, 6.45) is -2.81. The van der Waals surface area contributed by atoms with Crippen molar-refractivity contribution in [2.24, 2.45) is 0 Å². The lowest BCUT2D eigenvalue weighted by molar-refractivity contribution is -0.189. The Hall–Kier alpha value is -2.88. The molecule has 0 saturated carbocycles. The number of hydrogen-bond acceptors (Lipinski definition) is 6. The summed E-state index contributed by atoms with van der Waals surface area (Å²) in [5.74, 6) is -1.42. The number of carboxylic acid groups (broad SMARTS) is 1. The van der Waals surface area contributed by atoms with Crippen LogP contribution >= 0.6 is 0 Å². The smallest absolute Gasteiger partial charge is 0.425 e. The van der Waals surface area contributed by atoms with E-state index in [2.05, 4.69) is 15.3 Å². The Bertz CT molecular complexity index is 870. The molecular weight excluding hydrogens is 391 g/mol. The van der Waals surface area contributed by atoms with Gasteiger partial charge in [0.25, 0.3) is 0 Å². The Balaban J connectivity index is 2.03. The Labute approximate surface area is 164 Å². The van der Waals surface area contributed by atoms with Crippen molar-refractivity contribution < 1.29 is 32.5 Å². The molecule has 1 aromatic heterocycles.